The average molecular weight is 322 g/mol. The minimum atomic E-state index is -0.121. The van der Waals surface area contributed by atoms with Crippen LogP contribution in [0.15, 0.2) is 0 Å². The topological polar surface area (TPSA) is 35.9 Å². The van der Waals surface area contributed by atoms with Crippen molar-refractivity contribution in [3.8, 4) is 0 Å². The molecule has 132 valence electrons. The lowest BCUT2D eigenvalue weighted by atomic mass is 9.56. The Hall–Kier alpha value is -0.160. The molecule has 0 radical (unpaired) electrons. The van der Waals surface area contributed by atoms with Gasteiger partial charge in [0, 0.05) is 43.6 Å². The molecule has 0 aliphatic carbocycles. The molecule has 4 bridgehead atoms. The molecule has 0 aromatic rings. The molecule has 1 N–H and O–H groups in total. The summed E-state index contributed by atoms with van der Waals surface area (Å²) in [5.74, 6) is 0.707. The number of piperidine rings is 2. The van der Waals surface area contributed by atoms with Crippen LogP contribution in [-0.2, 0) is 4.74 Å². The quantitative estimate of drug-likeness (QED) is 0.865. The van der Waals surface area contributed by atoms with Crippen molar-refractivity contribution < 1.29 is 9.84 Å². The number of nitrogens with zero attached hydrogens (tertiary/aromatic N) is 2. The summed E-state index contributed by atoms with van der Waals surface area (Å²) < 4.78 is 5.96. The zero-order valence-corrected chi connectivity index (χ0v) is 15.3. The molecular weight excluding hydrogens is 288 g/mol. The van der Waals surface area contributed by atoms with Crippen molar-refractivity contribution in [2.45, 2.75) is 71.2 Å². The summed E-state index contributed by atoms with van der Waals surface area (Å²) in [6.07, 6.45) is 4.98. The summed E-state index contributed by atoms with van der Waals surface area (Å²) in [7, 11) is 0. The fraction of sp³-hybridized carbons (Fsp3) is 1.00. The Morgan fingerprint density at radius 2 is 1.52 bits per heavy atom. The molecule has 5 fully saturated rings. The number of hydrogen-bond donors (Lipinski definition) is 1. The van der Waals surface area contributed by atoms with Crippen molar-refractivity contribution in [3.05, 3.63) is 0 Å². The van der Waals surface area contributed by atoms with Gasteiger partial charge in [-0.3, -0.25) is 9.80 Å². The predicted octanol–water partition coefficient (Wildman–Crippen LogP) is 2.32. The smallest absolute Gasteiger partial charge is 0.0701 e. The fourth-order valence-corrected chi connectivity index (χ4v) is 6.39. The van der Waals surface area contributed by atoms with E-state index < -0.39 is 0 Å². The first kappa shape index (κ1) is 16.3. The van der Waals surface area contributed by atoms with Crippen LogP contribution in [0.25, 0.3) is 0 Å². The highest BCUT2D eigenvalue weighted by molar-refractivity contribution is 5.15. The van der Waals surface area contributed by atoms with Gasteiger partial charge in [-0.1, -0.05) is 13.8 Å². The first-order chi connectivity index (χ1) is 10.8. The van der Waals surface area contributed by atoms with E-state index in [2.05, 4.69) is 37.5 Å². The van der Waals surface area contributed by atoms with Gasteiger partial charge in [0.25, 0.3) is 0 Å². The summed E-state index contributed by atoms with van der Waals surface area (Å²) in [6.45, 7) is 14.3. The van der Waals surface area contributed by atoms with E-state index in [-0.39, 0.29) is 22.5 Å². The monoisotopic (exact) mass is 322 g/mol. The molecule has 5 aliphatic rings. The van der Waals surface area contributed by atoms with Crippen molar-refractivity contribution in [3.63, 3.8) is 0 Å². The Morgan fingerprint density at radius 1 is 1.00 bits per heavy atom. The Balaban J connectivity index is 1.63. The van der Waals surface area contributed by atoms with Crippen LogP contribution >= 0.6 is 0 Å². The van der Waals surface area contributed by atoms with E-state index in [9.17, 15) is 5.11 Å². The highest BCUT2D eigenvalue weighted by Crippen LogP contribution is 2.55. The van der Waals surface area contributed by atoms with Gasteiger partial charge in [0.2, 0.25) is 0 Å². The van der Waals surface area contributed by atoms with E-state index >= 15 is 0 Å². The Bertz CT molecular complexity index is 438. The first-order valence-corrected chi connectivity index (χ1v) is 9.65. The second-order valence-corrected chi connectivity index (χ2v) is 9.42. The van der Waals surface area contributed by atoms with Crippen molar-refractivity contribution >= 4 is 0 Å². The van der Waals surface area contributed by atoms with E-state index in [0.29, 0.717) is 12.1 Å². The SMILES string of the molecule is CCC12CN3CC(CC)(CN(C1)C3[C@H]1CCOC(C)(C)C1)C2O. The average Bonchev–Trinajstić information content (AvgIpc) is 2.50. The van der Waals surface area contributed by atoms with Crippen LogP contribution in [0.4, 0.5) is 0 Å². The fourth-order valence-electron chi connectivity index (χ4n) is 6.39. The molecule has 0 aromatic heterocycles. The maximum absolute atomic E-state index is 11.1. The van der Waals surface area contributed by atoms with Crippen LogP contribution in [-0.4, -0.2) is 65.6 Å². The number of aliphatic hydroxyl groups excluding tert-OH is 1. The zero-order chi connectivity index (χ0) is 16.5. The molecule has 5 rings (SSSR count). The van der Waals surface area contributed by atoms with Gasteiger partial charge in [-0.2, -0.15) is 0 Å². The maximum atomic E-state index is 11.1. The molecule has 0 aromatic carbocycles. The van der Waals surface area contributed by atoms with Crippen molar-refractivity contribution in [2.24, 2.45) is 16.7 Å². The molecule has 5 heterocycles. The van der Waals surface area contributed by atoms with Gasteiger partial charge in [0.1, 0.15) is 0 Å². The predicted molar refractivity (Wildman–Crippen MR) is 91.1 cm³/mol. The highest BCUT2D eigenvalue weighted by atomic mass is 16.5. The van der Waals surface area contributed by atoms with Gasteiger partial charge in [-0.15, -0.1) is 0 Å². The molecule has 4 nitrogen and oxygen atoms in total. The Labute approximate surface area is 141 Å². The van der Waals surface area contributed by atoms with Crippen molar-refractivity contribution in [1.29, 1.82) is 0 Å². The normalized spacial score (nSPS) is 54.4. The number of hydrogen-bond acceptors (Lipinski definition) is 4. The summed E-state index contributed by atoms with van der Waals surface area (Å²) in [5.41, 5.74) is 0.220. The molecule has 4 heteroatoms. The van der Waals surface area contributed by atoms with Gasteiger partial charge < -0.3 is 9.84 Å². The second kappa shape index (κ2) is 5.17. The summed E-state index contributed by atoms with van der Waals surface area (Å²) >= 11 is 0. The van der Waals surface area contributed by atoms with Crippen molar-refractivity contribution in [2.75, 3.05) is 32.8 Å². The van der Waals surface area contributed by atoms with E-state index in [1.165, 1.54) is 6.42 Å². The molecule has 1 atom stereocenters. The van der Waals surface area contributed by atoms with E-state index in [4.69, 9.17) is 4.74 Å². The molecule has 5 aliphatic heterocycles. The summed E-state index contributed by atoms with van der Waals surface area (Å²) in [6, 6.07) is 0. The first-order valence-electron chi connectivity index (χ1n) is 9.65. The molecule has 23 heavy (non-hydrogen) atoms. The van der Waals surface area contributed by atoms with E-state index in [0.717, 1.165) is 52.0 Å². The standard InChI is InChI=1S/C19H34N2O2/c1-5-18-10-20-12-19(6-2,16(18)22)13-21(11-18)15(20)14-7-8-23-17(3,4)9-14/h14-16,22H,5-13H2,1-4H3/t14-,15?,16?,18?,19?/m0/s1. The summed E-state index contributed by atoms with van der Waals surface area (Å²) in [4.78, 5) is 5.47. The maximum Gasteiger partial charge on any atom is 0.0701 e. The highest BCUT2D eigenvalue weighted by Gasteiger charge is 2.64. The largest absolute Gasteiger partial charge is 0.392 e. The van der Waals surface area contributed by atoms with Gasteiger partial charge in [-0.05, 0) is 45.4 Å². The van der Waals surface area contributed by atoms with Crippen molar-refractivity contribution in [1.82, 2.24) is 9.80 Å². The van der Waals surface area contributed by atoms with E-state index in [1.807, 2.05) is 0 Å². The third kappa shape index (κ3) is 2.25. The van der Waals surface area contributed by atoms with Crippen LogP contribution in [0.1, 0.15) is 53.4 Å². The van der Waals surface area contributed by atoms with Crippen LogP contribution in [0.3, 0.4) is 0 Å². The molecule has 0 spiro atoms. The van der Waals surface area contributed by atoms with Crippen LogP contribution < -0.4 is 0 Å². The van der Waals surface area contributed by atoms with Crippen LogP contribution in [0.2, 0.25) is 0 Å². The van der Waals surface area contributed by atoms with Gasteiger partial charge in [0.15, 0.2) is 0 Å². The Morgan fingerprint density at radius 3 is 1.96 bits per heavy atom. The molecule has 0 amide bonds. The third-order valence-corrected chi connectivity index (χ3v) is 7.55. The number of aliphatic hydroxyl groups is 1. The lowest BCUT2D eigenvalue weighted by Gasteiger charge is -2.71. The second-order valence-electron chi connectivity index (χ2n) is 9.42. The van der Waals surface area contributed by atoms with Gasteiger partial charge in [0.05, 0.1) is 17.9 Å². The summed E-state index contributed by atoms with van der Waals surface area (Å²) in [5, 5.41) is 11.1. The third-order valence-electron chi connectivity index (χ3n) is 7.55. The molecular formula is C19H34N2O2. The minimum absolute atomic E-state index is 0.0181. The molecule has 0 saturated carbocycles. The van der Waals surface area contributed by atoms with Crippen LogP contribution in [0.5, 0.6) is 0 Å². The Kier molecular flexibility index (Phi) is 3.67. The van der Waals surface area contributed by atoms with Crippen LogP contribution in [0, 0.1) is 16.7 Å². The molecule has 0 unspecified atom stereocenters. The molecule has 5 saturated heterocycles. The number of ether oxygens (including phenoxy) is 1. The zero-order valence-electron chi connectivity index (χ0n) is 15.3. The van der Waals surface area contributed by atoms with Gasteiger partial charge >= 0.3 is 0 Å². The van der Waals surface area contributed by atoms with E-state index in [1.54, 1.807) is 0 Å². The number of rotatable bonds is 3. The lowest BCUT2D eigenvalue weighted by Crippen LogP contribution is -2.81. The lowest BCUT2D eigenvalue weighted by molar-refractivity contribution is -0.278. The van der Waals surface area contributed by atoms with Gasteiger partial charge in [-0.25, -0.2) is 0 Å². The minimum Gasteiger partial charge on any atom is -0.392 e.